The number of nitrogens with zero attached hydrogens (tertiary/aromatic N) is 1. The molecule has 0 bridgehead atoms. The van der Waals surface area contributed by atoms with E-state index in [9.17, 15) is 4.79 Å². The zero-order valence-corrected chi connectivity index (χ0v) is 8.09. The maximum atomic E-state index is 11.0. The third-order valence-electron chi connectivity index (χ3n) is 1.87. The lowest BCUT2D eigenvalue weighted by Gasteiger charge is -2.20. The highest BCUT2D eigenvalue weighted by Crippen LogP contribution is 2.15. The van der Waals surface area contributed by atoms with Crippen molar-refractivity contribution < 1.29 is 4.79 Å². The summed E-state index contributed by atoms with van der Waals surface area (Å²) in [5, 5.41) is 0. The maximum absolute atomic E-state index is 11.0. The molecule has 0 N–H and O–H groups in total. The number of Topliss-reactive ketones (excluding diaryl/α,β-unsaturated/α-hetero) is 1. The fourth-order valence-electron chi connectivity index (χ4n) is 1.02. The van der Waals surface area contributed by atoms with Gasteiger partial charge < -0.3 is 4.57 Å². The van der Waals surface area contributed by atoms with Gasteiger partial charge in [-0.3, -0.25) is 4.79 Å². The van der Waals surface area contributed by atoms with Crippen LogP contribution in [0.25, 0.3) is 0 Å². The number of rotatable bonds is 1. The molecule has 0 unspecified atom stereocenters. The Hall–Kier alpha value is -1.05. The van der Waals surface area contributed by atoms with Gasteiger partial charge in [-0.15, -0.1) is 0 Å². The minimum absolute atomic E-state index is 0.0632. The molecule has 0 atom stereocenters. The Kier molecular flexibility index (Phi) is 2.09. The molecule has 2 nitrogen and oxygen atoms in total. The van der Waals surface area contributed by atoms with E-state index < -0.39 is 0 Å². The molecule has 0 radical (unpaired) electrons. The molecule has 1 aromatic rings. The molecule has 0 aliphatic heterocycles. The van der Waals surface area contributed by atoms with Crippen molar-refractivity contribution in [3.8, 4) is 0 Å². The second kappa shape index (κ2) is 2.77. The van der Waals surface area contributed by atoms with E-state index in [1.165, 1.54) is 0 Å². The molecule has 0 amide bonds. The quantitative estimate of drug-likeness (QED) is 0.586. The topological polar surface area (TPSA) is 22.0 Å². The van der Waals surface area contributed by atoms with Crippen molar-refractivity contribution >= 4 is 5.78 Å². The van der Waals surface area contributed by atoms with E-state index in [-0.39, 0.29) is 11.3 Å². The van der Waals surface area contributed by atoms with Gasteiger partial charge in [0.2, 0.25) is 0 Å². The molecular formula is C10H15NO. The molecule has 12 heavy (non-hydrogen) atoms. The monoisotopic (exact) mass is 165 g/mol. The average molecular weight is 165 g/mol. The average Bonchev–Trinajstić information content (AvgIpc) is 2.30. The summed E-state index contributed by atoms with van der Waals surface area (Å²) in [5.74, 6) is 0.123. The Balaban J connectivity index is 3.00. The summed E-state index contributed by atoms with van der Waals surface area (Å²) in [4.78, 5) is 11.0. The lowest BCUT2D eigenvalue weighted by Crippen LogP contribution is -2.19. The van der Waals surface area contributed by atoms with E-state index in [4.69, 9.17) is 0 Å². The van der Waals surface area contributed by atoms with E-state index in [1.54, 1.807) is 6.92 Å². The predicted octanol–water partition coefficient (Wildman–Crippen LogP) is 2.45. The second-order valence-corrected chi connectivity index (χ2v) is 4.03. The first kappa shape index (κ1) is 9.04. The number of hydrogen-bond donors (Lipinski definition) is 0. The molecule has 0 saturated carbocycles. The highest BCUT2D eigenvalue weighted by molar-refractivity contribution is 5.93. The standard InChI is InChI=1S/C10H15NO/c1-8(12)9-5-6-11(7-9)10(2,3)4/h5-7H,1-4H3. The summed E-state index contributed by atoms with van der Waals surface area (Å²) in [6.45, 7) is 7.91. The van der Waals surface area contributed by atoms with Gasteiger partial charge >= 0.3 is 0 Å². The van der Waals surface area contributed by atoms with E-state index in [0.29, 0.717) is 0 Å². The van der Waals surface area contributed by atoms with Crippen LogP contribution in [0.2, 0.25) is 0 Å². The van der Waals surface area contributed by atoms with Crippen LogP contribution in [0.5, 0.6) is 0 Å². The largest absolute Gasteiger partial charge is 0.348 e. The first-order chi connectivity index (χ1) is 5.41. The second-order valence-electron chi connectivity index (χ2n) is 4.03. The van der Waals surface area contributed by atoms with E-state index >= 15 is 0 Å². The third kappa shape index (κ3) is 1.76. The van der Waals surface area contributed by atoms with Gasteiger partial charge in [-0.25, -0.2) is 0 Å². The lowest BCUT2D eigenvalue weighted by molar-refractivity contribution is 0.101. The van der Waals surface area contributed by atoms with Crippen molar-refractivity contribution in [1.82, 2.24) is 4.57 Å². The van der Waals surface area contributed by atoms with Crippen molar-refractivity contribution in [3.63, 3.8) is 0 Å². The van der Waals surface area contributed by atoms with Gasteiger partial charge in [-0.05, 0) is 33.8 Å². The van der Waals surface area contributed by atoms with Crippen molar-refractivity contribution in [1.29, 1.82) is 0 Å². The number of hydrogen-bond acceptors (Lipinski definition) is 1. The molecule has 1 rings (SSSR count). The smallest absolute Gasteiger partial charge is 0.161 e. The molecule has 0 aromatic carbocycles. The predicted molar refractivity (Wildman–Crippen MR) is 49.4 cm³/mol. The normalized spacial score (nSPS) is 11.7. The van der Waals surface area contributed by atoms with Crippen LogP contribution in [0.1, 0.15) is 38.1 Å². The van der Waals surface area contributed by atoms with Gasteiger partial charge in [0, 0.05) is 23.5 Å². The Morgan fingerprint density at radius 1 is 1.42 bits per heavy atom. The highest BCUT2D eigenvalue weighted by Gasteiger charge is 2.12. The molecule has 2 heteroatoms. The van der Waals surface area contributed by atoms with E-state index in [0.717, 1.165) is 5.56 Å². The molecule has 0 aliphatic carbocycles. The Bertz CT molecular complexity index is 291. The van der Waals surface area contributed by atoms with Crippen LogP contribution >= 0.6 is 0 Å². The van der Waals surface area contributed by atoms with Gasteiger partial charge in [0.25, 0.3) is 0 Å². The Labute approximate surface area is 73.2 Å². The lowest BCUT2D eigenvalue weighted by atomic mass is 10.1. The molecule has 0 aliphatic rings. The minimum atomic E-state index is 0.0632. The van der Waals surface area contributed by atoms with Gasteiger partial charge in [0.15, 0.2) is 5.78 Å². The first-order valence-corrected chi connectivity index (χ1v) is 4.10. The number of ketones is 1. The van der Waals surface area contributed by atoms with E-state index in [1.807, 2.05) is 23.0 Å². The molecule has 0 spiro atoms. The summed E-state index contributed by atoms with van der Waals surface area (Å²) in [5.41, 5.74) is 0.846. The Morgan fingerprint density at radius 3 is 2.25 bits per heavy atom. The molecule has 0 fully saturated rings. The Morgan fingerprint density at radius 2 is 2.00 bits per heavy atom. The first-order valence-electron chi connectivity index (χ1n) is 4.10. The van der Waals surface area contributed by atoms with Crippen LogP contribution < -0.4 is 0 Å². The fourth-order valence-corrected chi connectivity index (χ4v) is 1.02. The van der Waals surface area contributed by atoms with Gasteiger partial charge in [0.1, 0.15) is 0 Å². The third-order valence-corrected chi connectivity index (χ3v) is 1.87. The van der Waals surface area contributed by atoms with Crippen molar-refractivity contribution in [2.24, 2.45) is 0 Å². The molecule has 0 saturated heterocycles. The summed E-state index contributed by atoms with van der Waals surface area (Å²) in [7, 11) is 0. The van der Waals surface area contributed by atoms with Crippen molar-refractivity contribution in [2.45, 2.75) is 33.2 Å². The van der Waals surface area contributed by atoms with E-state index in [2.05, 4.69) is 20.8 Å². The van der Waals surface area contributed by atoms with Crippen LogP contribution in [-0.2, 0) is 5.54 Å². The van der Waals surface area contributed by atoms with Gasteiger partial charge in [-0.1, -0.05) is 0 Å². The number of carbonyl (C=O) groups excluding carboxylic acids is 1. The van der Waals surface area contributed by atoms with Crippen LogP contribution in [0, 0.1) is 0 Å². The SMILES string of the molecule is CC(=O)c1ccn(C(C)(C)C)c1. The summed E-state index contributed by atoms with van der Waals surface area (Å²) < 4.78 is 2.05. The van der Waals surface area contributed by atoms with Crippen LogP contribution in [-0.4, -0.2) is 10.4 Å². The minimum Gasteiger partial charge on any atom is -0.348 e. The van der Waals surface area contributed by atoms with Crippen molar-refractivity contribution in [3.05, 3.63) is 24.0 Å². The molecular weight excluding hydrogens is 150 g/mol. The zero-order valence-electron chi connectivity index (χ0n) is 8.09. The fraction of sp³-hybridized carbons (Fsp3) is 0.500. The number of aromatic nitrogens is 1. The maximum Gasteiger partial charge on any atom is 0.161 e. The molecule has 66 valence electrons. The van der Waals surface area contributed by atoms with Crippen LogP contribution in [0.3, 0.4) is 0 Å². The number of carbonyl (C=O) groups is 1. The summed E-state index contributed by atoms with van der Waals surface area (Å²) in [6.07, 6.45) is 3.83. The van der Waals surface area contributed by atoms with Crippen LogP contribution in [0.4, 0.5) is 0 Å². The highest BCUT2D eigenvalue weighted by atomic mass is 16.1. The summed E-state index contributed by atoms with van der Waals surface area (Å²) >= 11 is 0. The zero-order chi connectivity index (χ0) is 9.35. The van der Waals surface area contributed by atoms with Gasteiger partial charge in [0.05, 0.1) is 0 Å². The summed E-state index contributed by atoms with van der Waals surface area (Å²) in [6, 6.07) is 1.85. The molecule has 1 heterocycles. The van der Waals surface area contributed by atoms with Crippen LogP contribution in [0.15, 0.2) is 18.5 Å². The molecule has 1 aromatic heterocycles. The van der Waals surface area contributed by atoms with Gasteiger partial charge in [-0.2, -0.15) is 0 Å². The van der Waals surface area contributed by atoms with Crippen molar-refractivity contribution in [2.75, 3.05) is 0 Å².